The maximum absolute atomic E-state index is 12.0. The molecule has 0 spiro atoms. The summed E-state index contributed by atoms with van der Waals surface area (Å²) in [4.78, 5) is 23.9. The molecule has 0 aromatic rings. The van der Waals surface area contributed by atoms with Crippen LogP contribution in [-0.2, 0) is 28.5 Å². The van der Waals surface area contributed by atoms with E-state index in [0.29, 0.717) is 32.0 Å². The fourth-order valence-electron chi connectivity index (χ4n) is 7.46. The number of esters is 2. The van der Waals surface area contributed by atoms with Gasteiger partial charge >= 0.3 is 11.9 Å². The molecule has 3 rings (SSSR count). The van der Waals surface area contributed by atoms with Crippen LogP contribution in [0.15, 0.2) is 23.8 Å². The van der Waals surface area contributed by atoms with Gasteiger partial charge in [-0.25, -0.2) is 0 Å². The Morgan fingerprint density at radius 1 is 0.688 bits per heavy atom. The molecule has 0 N–H and O–H groups in total. The predicted molar refractivity (Wildman–Crippen MR) is 196 cm³/mol. The van der Waals surface area contributed by atoms with Crippen molar-refractivity contribution in [2.75, 3.05) is 26.4 Å². The molecular formula is C42H72O6. The first-order valence-corrected chi connectivity index (χ1v) is 20.5. The van der Waals surface area contributed by atoms with E-state index in [0.717, 1.165) is 50.7 Å². The summed E-state index contributed by atoms with van der Waals surface area (Å²) < 4.78 is 20.8. The highest BCUT2D eigenvalue weighted by atomic mass is 16.6. The summed E-state index contributed by atoms with van der Waals surface area (Å²) in [6, 6.07) is 0. The van der Waals surface area contributed by atoms with E-state index in [9.17, 15) is 9.59 Å². The summed E-state index contributed by atoms with van der Waals surface area (Å²) in [5, 5.41) is 0. The minimum absolute atomic E-state index is 0.0695. The number of hydrogen-bond donors (Lipinski definition) is 0. The quantitative estimate of drug-likeness (QED) is 0.0316. The normalized spacial score (nSPS) is 23.3. The van der Waals surface area contributed by atoms with Crippen LogP contribution in [0.3, 0.4) is 0 Å². The molecule has 0 aromatic carbocycles. The lowest BCUT2D eigenvalue weighted by Crippen LogP contribution is -2.29. The minimum Gasteiger partial charge on any atom is -0.463 e. The summed E-state index contributed by atoms with van der Waals surface area (Å²) >= 11 is 0. The van der Waals surface area contributed by atoms with Gasteiger partial charge in [0, 0.05) is 12.8 Å². The van der Waals surface area contributed by atoms with Gasteiger partial charge in [0.15, 0.2) is 0 Å². The Labute approximate surface area is 294 Å². The van der Waals surface area contributed by atoms with Gasteiger partial charge in [-0.15, -0.1) is 0 Å². The Morgan fingerprint density at radius 2 is 1.23 bits per heavy atom. The maximum Gasteiger partial charge on any atom is 0.305 e. The van der Waals surface area contributed by atoms with Gasteiger partial charge in [0.2, 0.25) is 0 Å². The van der Waals surface area contributed by atoms with Crippen LogP contribution >= 0.6 is 0 Å². The Morgan fingerprint density at radius 3 is 1.85 bits per heavy atom. The molecule has 5 atom stereocenters. The van der Waals surface area contributed by atoms with Crippen LogP contribution in [0, 0.1) is 17.8 Å². The zero-order valence-electron chi connectivity index (χ0n) is 31.1. The van der Waals surface area contributed by atoms with Crippen LogP contribution in [0.5, 0.6) is 0 Å². The maximum atomic E-state index is 12.0. The summed E-state index contributed by atoms with van der Waals surface area (Å²) in [5.74, 6) is 2.15. The van der Waals surface area contributed by atoms with Crippen LogP contribution < -0.4 is 0 Å². The van der Waals surface area contributed by atoms with E-state index in [1.54, 1.807) is 5.57 Å². The lowest BCUT2D eigenvalue weighted by molar-refractivity contribution is -0.145. The minimum atomic E-state index is -0.0719. The molecule has 1 aliphatic carbocycles. The smallest absolute Gasteiger partial charge is 0.305 e. The van der Waals surface area contributed by atoms with E-state index >= 15 is 0 Å². The monoisotopic (exact) mass is 673 g/mol. The average molecular weight is 673 g/mol. The molecule has 0 aromatic heterocycles. The van der Waals surface area contributed by atoms with Crippen molar-refractivity contribution >= 4 is 11.9 Å². The topological polar surface area (TPSA) is 77.7 Å². The molecule has 2 aliphatic heterocycles. The molecule has 48 heavy (non-hydrogen) atoms. The standard InChI is InChI=1S/C42H72O6/c1-3-5-7-9-13-19-25-39-35(23-17-8-6-4-2)29-30-36(24-18-12-10-15-21-27-41(43)47-33-37-31-45-37)40(39)26-20-14-11-16-22-28-42(44)48-34-38-32-46-38/h13,19,30,35,37-40H,3-12,14-18,20-29,31-34H2,1-2H3. The number of ether oxygens (including phenoxy) is 4. The second-order valence-corrected chi connectivity index (χ2v) is 14.9. The Balaban J connectivity index is 1.46. The van der Waals surface area contributed by atoms with Crippen molar-refractivity contribution in [3.63, 3.8) is 0 Å². The number of allylic oxidation sites excluding steroid dienone is 4. The van der Waals surface area contributed by atoms with Crippen LogP contribution in [0.4, 0.5) is 0 Å². The molecule has 2 saturated heterocycles. The number of carbonyl (C=O) groups is 2. The molecule has 0 radical (unpaired) electrons. The van der Waals surface area contributed by atoms with E-state index in [4.69, 9.17) is 18.9 Å². The van der Waals surface area contributed by atoms with Crippen molar-refractivity contribution in [1.29, 1.82) is 0 Å². The number of unbranched alkanes of at least 4 members (excludes halogenated alkanes) is 14. The van der Waals surface area contributed by atoms with E-state index in [-0.39, 0.29) is 24.1 Å². The first-order valence-electron chi connectivity index (χ1n) is 20.5. The van der Waals surface area contributed by atoms with Gasteiger partial charge in [-0.2, -0.15) is 0 Å². The van der Waals surface area contributed by atoms with E-state index in [1.807, 2.05) is 0 Å². The average Bonchev–Trinajstić information content (AvgIpc) is 4.02. The fourth-order valence-corrected chi connectivity index (χ4v) is 7.46. The molecule has 0 bridgehead atoms. The van der Waals surface area contributed by atoms with Crippen molar-refractivity contribution in [3.8, 4) is 0 Å². The summed E-state index contributed by atoms with van der Waals surface area (Å²) in [5.41, 5.74) is 1.75. The third-order valence-corrected chi connectivity index (χ3v) is 10.7. The highest BCUT2D eigenvalue weighted by Crippen LogP contribution is 2.44. The highest BCUT2D eigenvalue weighted by molar-refractivity contribution is 5.69. The van der Waals surface area contributed by atoms with E-state index in [1.165, 1.54) is 122 Å². The summed E-state index contributed by atoms with van der Waals surface area (Å²) in [6.07, 6.45) is 37.6. The molecule has 0 amide bonds. The molecule has 3 aliphatic rings. The second kappa shape index (κ2) is 26.2. The van der Waals surface area contributed by atoms with Crippen LogP contribution in [0.25, 0.3) is 0 Å². The first kappa shape index (κ1) is 40.8. The summed E-state index contributed by atoms with van der Waals surface area (Å²) in [6.45, 7) is 6.93. The number of hydrogen-bond acceptors (Lipinski definition) is 6. The number of carbonyl (C=O) groups excluding carboxylic acids is 2. The van der Waals surface area contributed by atoms with E-state index < -0.39 is 0 Å². The Kier molecular flexibility index (Phi) is 22.2. The molecule has 6 nitrogen and oxygen atoms in total. The molecular weight excluding hydrogens is 600 g/mol. The Hall–Kier alpha value is -1.66. The van der Waals surface area contributed by atoms with Crippen molar-refractivity contribution < 1.29 is 28.5 Å². The van der Waals surface area contributed by atoms with Crippen molar-refractivity contribution in [3.05, 3.63) is 23.8 Å². The summed E-state index contributed by atoms with van der Waals surface area (Å²) in [7, 11) is 0. The van der Waals surface area contributed by atoms with Gasteiger partial charge in [0.25, 0.3) is 0 Å². The highest BCUT2D eigenvalue weighted by Gasteiger charge is 2.33. The molecule has 5 unspecified atom stereocenters. The van der Waals surface area contributed by atoms with Crippen LogP contribution in [0.2, 0.25) is 0 Å². The molecule has 0 saturated carbocycles. The zero-order chi connectivity index (χ0) is 34.1. The first-order chi connectivity index (χ1) is 23.6. The Bertz CT molecular complexity index is 904. The van der Waals surface area contributed by atoms with Gasteiger partial charge in [-0.05, 0) is 82.0 Å². The lowest BCUT2D eigenvalue weighted by Gasteiger charge is -2.39. The van der Waals surface area contributed by atoms with E-state index in [2.05, 4.69) is 32.1 Å². The van der Waals surface area contributed by atoms with Gasteiger partial charge in [-0.1, -0.05) is 121 Å². The van der Waals surface area contributed by atoms with Gasteiger partial charge in [0.1, 0.15) is 25.4 Å². The molecule has 6 heteroatoms. The zero-order valence-corrected chi connectivity index (χ0v) is 31.1. The van der Waals surface area contributed by atoms with Gasteiger partial charge in [-0.3, -0.25) is 9.59 Å². The van der Waals surface area contributed by atoms with Gasteiger partial charge < -0.3 is 18.9 Å². The van der Waals surface area contributed by atoms with Crippen molar-refractivity contribution in [2.45, 2.75) is 187 Å². The lowest BCUT2D eigenvalue weighted by atomic mass is 9.66. The van der Waals surface area contributed by atoms with Crippen LogP contribution in [-0.4, -0.2) is 50.6 Å². The number of rotatable bonds is 31. The SMILES string of the molecule is CCCCCC=CCC1C(CCCCCC)CC=C(CCCCCCCC(=O)OCC2CO2)C1CCCCCCCC(=O)OCC1CO1. The van der Waals surface area contributed by atoms with Crippen molar-refractivity contribution in [2.24, 2.45) is 17.8 Å². The van der Waals surface area contributed by atoms with Crippen molar-refractivity contribution in [1.82, 2.24) is 0 Å². The number of epoxide rings is 2. The third-order valence-electron chi connectivity index (χ3n) is 10.7. The van der Waals surface area contributed by atoms with Crippen LogP contribution in [0.1, 0.15) is 174 Å². The fraction of sp³-hybridized carbons (Fsp3) is 0.857. The molecule has 276 valence electrons. The third kappa shape index (κ3) is 19.5. The predicted octanol–water partition coefficient (Wildman–Crippen LogP) is 11.0. The second-order valence-electron chi connectivity index (χ2n) is 14.9. The molecule has 2 fully saturated rings. The largest absolute Gasteiger partial charge is 0.463 e. The molecule has 2 heterocycles. The van der Waals surface area contributed by atoms with Gasteiger partial charge in [0.05, 0.1) is 13.2 Å².